The van der Waals surface area contributed by atoms with Gasteiger partial charge < -0.3 is 18.9 Å². The minimum absolute atomic E-state index is 0.0751. The molecule has 0 amide bonds. The average Bonchev–Trinajstić information content (AvgIpc) is 3.08. The van der Waals surface area contributed by atoms with Gasteiger partial charge in [0.05, 0.1) is 11.5 Å². The fraction of sp³-hybridized carbons (Fsp3) is 0.517. The van der Waals surface area contributed by atoms with Gasteiger partial charge in [0.1, 0.15) is 17.6 Å². The molecule has 2 heterocycles. The normalized spacial score (nSPS) is 38.8. The van der Waals surface area contributed by atoms with E-state index in [2.05, 4.69) is 12.6 Å². The molecular formula is C29H28O8S. The molecule has 9 heteroatoms. The van der Waals surface area contributed by atoms with Gasteiger partial charge in [-0.25, -0.2) is 0 Å². The monoisotopic (exact) mass is 536 g/mol. The summed E-state index contributed by atoms with van der Waals surface area (Å²) in [5.74, 6) is -2.55. The molecule has 6 bridgehead atoms. The molecular weight excluding hydrogens is 508 g/mol. The summed E-state index contributed by atoms with van der Waals surface area (Å²) in [5, 5.41) is 1.79. The largest absolute Gasteiger partial charge is 0.455 e. The third-order valence-electron chi connectivity index (χ3n) is 9.25. The lowest BCUT2D eigenvalue weighted by atomic mass is 9.49. The van der Waals surface area contributed by atoms with Gasteiger partial charge in [0.2, 0.25) is 0 Å². The molecule has 4 saturated carbocycles. The summed E-state index contributed by atoms with van der Waals surface area (Å²) < 4.78 is 23.2. The second-order valence-corrected chi connectivity index (χ2v) is 12.2. The molecule has 2 saturated heterocycles. The van der Waals surface area contributed by atoms with Crippen LogP contribution in [-0.4, -0.2) is 48.1 Å². The van der Waals surface area contributed by atoms with Crippen molar-refractivity contribution < 1.29 is 38.1 Å². The zero-order valence-corrected chi connectivity index (χ0v) is 21.7. The van der Waals surface area contributed by atoms with Gasteiger partial charge in [-0.15, -0.1) is 12.6 Å². The van der Waals surface area contributed by atoms with Crippen LogP contribution in [0.1, 0.15) is 39.0 Å². The maximum absolute atomic E-state index is 13.6. The van der Waals surface area contributed by atoms with E-state index in [0.29, 0.717) is 25.2 Å². The molecule has 8 nitrogen and oxygen atoms in total. The van der Waals surface area contributed by atoms with Crippen LogP contribution in [0.25, 0.3) is 10.8 Å². The van der Waals surface area contributed by atoms with Gasteiger partial charge >= 0.3 is 17.9 Å². The third-order valence-corrected chi connectivity index (χ3v) is 9.53. The van der Waals surface area contributed by atoms with Crippen LogP contribution in [0, 0.1) is 29.1 Å². The summed E-state index contributed by atoms with van der Waals surface area (Å²) in [4.78, 5) is 53.2. The smallest absolute Gasteiger partial charge is 0.328 e. The standard InChI is InChI=1S/C29H28O8S/c1-13-23-25(37-28(33)29-10-14-6-17(11-29)22(30)18(7-14)12-29)24(34-13)21(27(32)36-23)26(31)35-19-4-2-16-9-20(38)5-3-15(16)8-19/h2-5,8-9,13-14,17-18,21,23-25,38H,6-7,10-12H2,1H3. The van der Waals surface area contributed by atoms with Crippen molar-refractivity contribution in [1.82, 2.24) is 0 Å². The summed E-state index contributed by atoms with van der Waals surface area (Å²) in [6.45, 7) is 1.73. The zero-order valence-electron chi connectivity index (χ0n) is 20.8. The molecule has 6 fully saturated rings. The molecule has 8 rings (SSSR count). The molecule has 0 radical (unpaired) electrons. The molecule has 4 aliphatic carbocycles. The molecule has 2 aromatic rings. The van der Waals surface area contributed by atoms with Crippen LogP contribution in [0.2, 0.25) is 0 Å². The number of Topliss-reactive ketones (excluding diaryl/α,β-unsaturated/α-hetero) is 1. The van der Waals surface area contributed by atoms with Gasteiger partial charge in [0.15, 0.2) is 18.1 Å². The van der Waals surface area contributed by atoms with Gasteiger partial charge in [0, 0.05) is 16.7 Å². The van der Waals surface area contributed by atoms with Crippen molar-refractivity contribution in [2.75, 3.05) is 0 Å². The number of rotatable bonds is 4. The van der Waals surface area contributed by atoms with E-state index in [1.165, 1.54) is 0 Å². The number of ketones is 1. The molecule has 2 aliphatic heterocycles. The highest BCUT2D eigenvalue weighted by molar-refractivity contribution is 7.80. The Morgan fingerprint density at radius 2 is 1.68 bits per heavy atom. The van der Waals surface area contributed by atoms with Gasteiger partial charge in [-0.05, 0) is 80.0 Å². The van der Waals surface area contributed by atoms with E-state index in [9.17, 15) is 19.2 Å². The first-order chi connectivity index (χ1) is 18.2. The van der Waals surface area contributed by atoms with Crippen molar-refractivity contribution in [1.29, 1.82) is 0 Å². The Labute approximate surface area is 224 Å². The Bertz CT molecular complexity index is 1370. The predicted molar refractivity (Wildman–Crippen MR) is 135 cm³/mol. The minimum atomic E-state index is -1.39. The maximum atomic E-state index is 13.6. The zero-order chi connectivity index (χ0) is 26.3. The van der Waals surface area contributed by atoms with Crippen molar-refractivity contribution >= 4 is 47.1 Å². The number of carbonyl (C=O) groups is 4. The third kappa shape index (κ3) is 3.69. The quantitative estimate of drug-likeness (QED) is 0.273. The Morgan fingerprint density at radius 1 is 0.974 bits per heavy atom. The van der Waals surface area contributed by atoms with E-state index >= 15 is 0 Å². The number of hydrogen-bond acceptors (Lipinski definition) is 9. The van der Waals surface area contributed by atoms with E-state index in [-0.39, 0.29) is 29.3 Å². The van der Waals surface area contributed by atoms with E-state index in [4.69, 9.17) is 18.9 Å². The Hall–Kier alpha value is -2.91. The molecule has 0 aromatic heterocycles. The highest BCUT2D eigenvalue weighted by atomic mass is 32.1. The van der Waals surface area contributed by atoms with Gasteiger partial charge in [-0.1, -0.05) is 12.1 Å². The van der Waals surface area contributed by atoms with Crippen molar-refractivity contribution in [2.24, 2.45) is 29.1 Å². The van der Waals surface area contributed by atoms with Crippen molar-refractivity contribution in [2.45, 2.75) is 68.3 Å². The Morgan fingerprint density at radius 3 is 2.45 bits per heavy atom. The SMILES string of the molecule is CC1OC2C(C(=O)Oc3ccc4cc(S)ccc4c3)C(=O)OC1C2OC(=O)C12CC3CC(C1)C(=O)C(C3)C2. The summed E-state index contributed by atoms with van der Waals surface area (Å²) in [6, 6.07) is 10.8. The van der Waals surface area contributed by atoms with Crippen LogP contribution < -0.4 is 4.74 Å². The van der Waals surface area contributed by atoms with Crippen molar-refractivity contribution in [3.63, 3.8) is 0 Å². The van der Waals surface area contributed by atoms with Crippen molar-refractivity contribution in [3.8, 4) is 5.75 Å². The fourth-order valence-corrected chi connectivity index (χ4v) is 7.91. The average molecular weight is 537 g/mol. The Kier molecular flexibility index (Phi) is 5.43. The maximum Gasteiger partial charge on any atom is 0.328 e. The first-order valence-electron chi connectivity index (χ1n) is 13.3. The lowest BCUT2D eigenvalue weighted by molar-refractivity contribution is -0.199. The van der Waals surface area contributed by atoms with E-state index in [1.807, 2.05) is 24.3 Å². The molecule has 7 atom stereocenters. The highest BCUT2D eigenvalue weighted by Crippen LogP contribution is 2.59. The molecule has 6 aliphatic rings. The van der Waals surface area contributed by atoms with Gasteiger partial charge in [-0.3, -0.25) is 19.2 Å². The second kappa shape index (κ2) is 8.55. The van der Waals surface area contributed by atoms with Crippen LogP contribution in [0.4, 0.5) is 0 Å². The lowest BCUT2D eigenvalue weighted by Crippen LogP contribution is -2.58. The number of esters is 3. The van der Waals surface area contributed by atoms with Crippen LogP contribution >= 0.6 is 12.6 Å². The molecule has 2 aromatic carbocycles. The van der Waals surface area contributed by atoms with Crippen LogP contribution in [0.3, 0.4) is 0 Å². The summed E-state index contributed by atoms with van der Waals surface area (Å²) in [5.41, 5.74) is -0.692. The molecule has 198 valence electrons. The highest BCUT2D eigenvalue weighted by Gasteiger charge is 2.63. The lowest BCUT2D eigenvalue weighted by Gasteiger charge is -2.54. The summed E-state index contributed by atoms with van der Waals surface area (Å²) in [6.07, 6.45) is 0.186. The number of fused-ring (bicyclic) bond motifs is 3. The van der Waals surface area contributed by atoms with Crippen LogP contribution in [0.5, 0.6) is 5.75 Å². The van der Waals surface area contributed by atoms with E-state index in [0.717, 1.165) is 28.5 Å². The first kappa shape index (κ1) is 24.2. The number of carbonyl (C=O) groups excluding carboxylic acids is 4. The summed E-state index contributed by atoms with van der Waals surface area (Å²) >= 11 is 4.35. The summed E-state index contributed by atoms with van der Waals surface area (Å²) in [7, 11) is 0. The molecule has 38 heavy (non-hydrogen) atoms. The predicted octanol–water partition coefficient (Wildman–Crippen LogP) is 3.67. The number of hydrogen-bond donors (Lipinski definition) is 1. The van der Waals surface area contributed by atoms with E-state index < -0.39 is 47.7 Å². The number of ether oxygens (including phenoxy) is 4. The second-order valence-electron chi connectivity index (χ2n) is 11.7. The number of benzene rings is 2. The topological polar surface area (TPSA) is 105 Å². The molecule has 7 unspecified atom stereocenters. The fourth-order valence-electron chi connectivity index (χ4n) is 7.69. The minimum Gasteiger partial charge on any atom is -0.455 e. The van der Waals surface area contributed by atoms with E-state index in [1.54, 1.807) is 19.1 Å². The van der Waals surface area contributed by atoms with Gasteiger partial charge in [-0.2, -0.15) is 0 Å². The first-order valence-corrected chi connectivity index (χ1v) is 13.7. The van der Waals surface area contributed by atoms with Crippen molar-refractivity contribution in [3.05, 3.63) is 36.4 Å². The number of thiol groups is 1. The van der Waals surface area contributed by atoms with Crippen LogP contribution in [-0.2, 0) is 33.4 Å². The van der Waals surface area contributed by atoms with Crippen LogP contribution in [0.15, 0.2) is 41.3 Å². The molecule has 0 N–H and O–H groups in total. The van der Waals surface area contributed by atoms with Gasteiger partial charge in [0.25, 0.3) is 0 Å². The molecule has 0 spiro atoms. The Balaban J connectivity index is 1.11.